The van der Waals surface area contributed by atoms with Crippen molar-refractivity contribution >= 4 is 23.2 Å². The fraction of sp³-hybridized carbons (Fsp3) is 0.538. The molecule has 0 radical (unpaired) electrons. The highest BCUT2D eigenvalue weighted by Gasteiger charge is 2.22. The lowest BCUT2D eigenvalue weighted by molar-refractivity contribution is 0.0902. The SMILES string of the molecule is OC1CCCCC1NCc1cc(Cl)cc(Cl)c1. The van der Waals surface area contributed by atoms with Gasteiger partial charge in [-0.3, -0.25) is 0 Å². The van der Waals surface area contributed by atoms with Crippen molar-refractivity contribution in [1.29, 1.82) is 0 Å². The van der Waals surface area contributed by atoms with Gasteiger partial charge in [-0.15, -0.1) is 0 Å². The predicted molar refractivity (Wildman–Crippen MR) is 71.6 cm³/mol. The van der Waals surface area contributed by atoms with E-state index in [4.69, 9.17) is 23.2 Å². The zero-order chi connectivity index (χ0) is 12.3. The van der Waals surface area contributed by atoms with Crippen LogP contribution in [0.5, 0.6) is 0 Å². The molecule has 2 N–H and O–H groups in total. The molecular formula is C13H17Cl2NO. The molecule has 0 aliphatic heterocycles. The van der Waals surface area contributed by atoms with Crippen LogP contribution >= 0.6 is 23.2 Å². The number of halogens is 2. The molecule has 0 heterocycles. The van der Waals surface area contributed by atoms with E-state index in [-0.39, 0.29) is 12.1 Å². The first-order valence-electron chi connectivity index (χ1n) is 6.01. The highest BCUT2D eigenvalue weighted by atomic mass is 35.5. The average molecular weight is 274 g/mol. The molecule has 94 valence electrons. The smallest absolute Gasteiger partial charge is 0.0693 e. The summed E-state index contributed by atoms with van der Waals surface area (Å²) in [6.45, 7) is 0.696. The van der Waals surface area contributed by atoms with E-state index in [1.807, 2.05) is 12.1 Å². The van der Waals surface area contributed by atoms with Crippen LogP contribution < -0.4 is 5.32 Å². The lowest BCUT2D eigenvalue weighted by atomic mass is 9.92. The molecule has 2 unspecified atom stereocenters. The van der Waals surface area contributed by atoms with Crippen LogP contribution in [0.2, 0.25) is 10.0 Å². The Bertz CT molecular complexity index is 363. The van der Waals surface area contributed by atoms with E-state index in [0.717, 1.165) is 24.8 Å². The third-order valence-electron chi connectivity index (χ3n) is 3.22. The fourth-order valence-corrected chi connectivity index (χ4v) is 2.88. The molecule has 1 fully saturated rings. The summed E-state index contributed by atoms with van der Waals surface area (Å²) in [5.74, 6) is 0. The second-order valence-corrected chi connectivity index (χ2v) is 5.49. The minimum atomic E-state index is -0.224. The highest BCUT2D eigenvalue weighted by molar-refractivity contribution is 6.34. The van der Waals surface area contributed by atoms with Gasteiger partial charge in [-0.25, -0.2) is 0 Å². The summed E-state index contributed by atoms with van der Waals surface area (Å²) < 4.78 is 0. The van der Waals surface area contributed by atoms with E-state index in [0.29, 0.717) is 16.6 Å². The molecule has 1 aromatic rings. The van der Waals surface area contributed by atoms with Gasteiger partial charge in [0.15, 0.2) is 0 Å². The van der Waals surface area contributed by atoms with E-state index in [1.165, 1.54) is 6.42 Å². The number of aliphatic hydroxyl groups excluding tert-OH is 1. The summed E-state index contributed by atoms with van der Waals surface area (Å²) in [6.07, 6.45) is 4.02. The van der Waals surface area contributed by atoms with Gasteiger partial charge in [0.1, 0.15) is 0 Å². The first-order chi connectivity index (χ1) is 8.15. The summed E-state index contributed by atoms with van der Waals surface area (Å²) in [6, 6.07) is 5.72. The van der Waals surface area contributed by atoms with Gasteiger partial charge >= 0.3 is 0 Å². The van der Waals surface area contributed by atoms with E-state index in [1.54, 1.807) is 6.07 Å². The Balaban J connectivity index is 1.92. The predicted octanol–water partition coefficient (Wildman–Crippen LogP) is 3.39. The summed E-state index contributed by atoms with van der Waals surface area (Å²) in [4.78, 5) is 0. The van der Waals surface area contributed by atoms with E-state index >= 15 is 0 Å². The van der Waals surface area contributed by atoms with Gasteiger partial charge in [0, 0.05) is 22.6 Å². The topological polar surface area (TPSA) is 32.3 Å². The third-order valence-corrected chi connectivity index (χ3v) is 3.66. The van der Waals surface area contributed by atoms with Gasteiger partial charge in [-0.2, -0.15) is 0 Å². The minimum absolute atomic E-state index is 0.196. The van der Waals surface area contributed by atoms with Crippen LogP contribution in [0.15, 0.2) is 18.2 Å². The zero-order valence-electron chi connectivity index (χ0n) is 9.63. The lowest BCUT2D eigenvalue weighted by Crippen LogP contribution is -2.41. The van der Waals surface area contributed by atoms with Crippen molar-refractivity contribution in [3.8, 4) is 0 Å². The first kappa shape index (κ1) is 13.2. The van der Waals surface area contributed by atoms with E-state index < -0.39 is 0 Å². The van der Waals surface area contributed by atoms with Crippen molar-refractivity contribution in [2.24, 2.45) is 0 Å². The number of hydrogen-bond donors (Lipinski definition) is 2. The standard InChI is InChI=1S/C13H17Cl2NO/c14-10-5-9(6-11(15)7-10)8-16-12-3-1-2-4-13(12)17/h5-7,12-13,16-17H,1-4,8H2. The van der Waals surface area contributed by atoms with Crippen LogP contribution in [0, 0.1) is 0 Å². The van der Waals surface area contributed by atoms with Crippen molar-refractivity contribution < 1.29 is 5.11 Å². The molecule has 1 aliphatic rings. The second kappa shape index (κ2) is 6.05. The third kappa shape index (κ3) is 3.85. The van der Waals surface area contributed by atoms with Gasteiger partial charge in [0.2, 0.25) is 0 Å². The van der Waals surface area contributed by atoms with Crippen molar-refractivity contribution in [2.75, 3.05) is 0 Å². The number of nitrogens with one attached hydrogen (secondary N) is 1. The Morgan fingerprint density at radius 3 is 2.41 bits per heavy atom. The van der Waals surface area contributed by atoms with E-state index in [2.05, 4.69) is 5.32 Å². The summed E-state index contributed by atoms with van der Waals surface area (Å²) >= 11 is 11.9. The van der Waals surface area contributed by atoms with Gasteiger partial charge < -0.3 is 10.4 Å². The van der Waals surface area contributed by atoms with Crippen LogP contribution in [-0.2, 0) is 6.54 Å². The monoisotopic (exact) mass is 273 g/mol. The fourth-order valence-electron chi connectivity index (χ4n) is 2.31. The molecule has 1 saturated carbocycles. The molecule has 2 rings (SSSR count). The Labute approximate surface area is 112 Å². The lowest BCUT2D eigenvalue weighted by Gasteiger charge is -2.28. The van der Waals surface area contributed by atoms with Gasteiger partial charge in [-0.05, 0) is 36.6 Å². The molecule has 2 atom stereocenters. The van der Waals surface area contributed by atoms with Crippen molar-refractivity contribution in [3.05, 3.63) is 33.8 Å². The van der Waals surface area contributed by atoms with E-state index in [9.17, 15) is 5.11 Å². The summed E-state index contributed by atoms with van der Waals surface area (Å²) in [5.41, 5.74) is 1.06. The number of rotatable bonds is 3. The summed E-state index contributed by atoms with van der Waals surface area (Å²) in [5, 5.41) is 14.5. The van der Waals surface area contributed by atoms with Gasteiger partial charge in [0.05, 0.1) is 6.10 Å². The zero-order valence-corrected chi connectivity index (χ0v) is 11.1. The second-order valence-electron chi connectivity index (χ2n) is 4.62. The van der Waals surface area contributed by atoms with Gasteiger partial charge in [0.25, 0.3) is 0 Å². The molecule has 0 spiro atoms. The molecule has 17 heavy (non-hydrogen) atoms. The number of hydrogen-bond acceptors (Lipinski definition) is 2. The first-order valence-corrected chi connectivity index (χ1v) is 6.77. The maximum absolute atomic E-state index is 9.84. The molecule has 0 aromatic heterocycles. The minimum Gasteiger partial charge on any atom is -0.392 e. The molecule has 0 amide bonds. The maximum atomic E-state index is 9.84. The summed E-state index contributed by atoms with van der Waals surface area (Å²) in [7, 11) is 0. The van der Waals surface area contributed by atoms with Crippen LogP contribution in [0.3, 0.4) is 0 Å². The largest absolute Gasteiger partial charge is 0.392 e. The van der Waals surface area contributed by atoms with Gasteiger partial charge in [-0.1, -0.05) is 36.0 Å². The van der Waals surface area contributed by atoms with Crippen LogP contribution in [0.4, 0.5) is 0 Å². The normalized spacial score (nSPS) is 24.9. The molecule has 0 bridgehead atoms. The Morgan fingerprint density at radius 1 is 1.12 bits per heavy atom. The van der Waals surface area contributed by atoms with Crippen molar-refractivity contribution in [2.45, 2.75) is 44.4 Å². The van der Waals surface area contributed by atoms with Crippen LogP contribution in [0.25, 0.3) is 0 Å². The maximum Gasteiger partial charge on any atom is 0.0693 e. The van der Waals surface area contributed by atoms with Crippen LogP contribution in [-0.4, -0.2) is 17.3 Å². The molecule has 1 aliphatic carbocycles. The molecule has 4 heteroatoms. The number of benzene rings is 1. The molecule has 0 saturated heterocycles. The Hall–Kier alpha value is -0.280. The molecule has 2 nitrogen and oxygen atoms in total. The van der Waals surface area contributed by atoms with Crippen molar-refractivity contribution in [1.82, 2.24) is 5.32 Å². The molecule has 1 aromatic carbocycles. The Morgan fingerprint density at radius 2 is 1.76 bits per heavy atom. The highest BCUT2D eigenvalue weighted by Crippen LogP contribution is 2.21. The van der Waals surface area contributed by atoms with Crippen LogP contribution in [0.1, 0.15) is 31.2 Å². The number of aliphatic hydroxyl groups is 1. The average Bonchev–Trinajstić information content (AvgIpc) is 2.27. The quantitative estimate of drug-likeness (QED) is 0.885. The molecular weight excluding hydrogens is 257 g/mol. The van der Waals surface area contributed by atoms with Crippen molar-refractivity contribution in [3.63, 3.8) is 0 Å². The Kier molecular flexibility index (Phi) is 4.69.